The zero-order valence-corrected chi connectivity index (χ0v) is 8.74. The van der Waals surface area contributed by atoms with E-state index in [9.17, 15) is 0 Å². The molecule has 2 N–H and O–H groups in total. The van der Waals surface area contributed by atoms with Crippen molar-refractivity contribution in [3.05, 3.63) is 24.4 Å². The van der Waals surface area contributed by atoms with Crippen molar-refractivity contribution in [3.63, 3.8) is 0 Å². The van der Waals surface area contributed by atoms with Crippen molar-refractivity contribution < 1.29 is 5.11 Å². The monoisotopic (exact) mass is 222 g/mol. The maximum Gasteiger partial charge on any atom is 0.206 e. The first-order valence-electron chi connectivity index (χ1n) is 4.50. The molecule has 5 nitrogen and oxygen atoms in total. The molecule has 0 atom stereocenters. The topological polar surface area (TPSA) is 70.9 Å². The molecule has 0 saturated carbocycles. The molecule has 0 amide bonds. The van der Waals surface area contributed by atoms with Gasteiger partial charge in [-0.1, -0.05) is 17.4 Å². The maximum absolute atomic E-state index is 8.63. The first-order valence-corrected chi connectivity index (χ1v) is 5.31. The third-order valence-electron chi connectivity index (χ3n) is 1.70. The van der Waals surface area contributed by atoms with E-state index in [0.717, 1.165) is 10.7 Å². The minimum Gasteiger partial charge on any atom is -0.395 e. The van der Waals surface area contributed by atoms with Crippen LogP contribution in [0, 0.1) is 0 Å². The summed E-state index contributed by atoms with van der Waals surface area (Å²) in [6.07, 6.45) is 1.72. The highest BCUT2D eigenvalue weighted by molar-refractivity contribution is 7.18. The first-order chi connectivity index (χ1) is 7.40. The Morgan fingerprint density at radius 2 is 2.27 bits per heavy atom. The normalized spacial score (nSPS) is 10.2. The Kier molecular flexibility index (Phi) is 3.21. The van der Waals surface area contributed by atoms with Crippen LogP contribution >= 0.6 is 11.3 Å². The van der Waals surface area contributed by atoms with E-state index in [-0.39, 0.29) is 6.61 Å². The van der Waals surface area contributed by atoms with Crippen molar-refractivity contribution >= 4 is 16.5 Å². The second-order valence-corrected chi connectivity index (χ2v) is 3.76. The predicted octanol–water partition coefficient (Wildman–Crippen LogP) is 1.00. The van der Waals surface area contributed by atoms with Crippen LogP contribution in [0.2, 0.25) is 0 Å². The summed E-state index contributed by atoms with van der Waals surface area (Å²) in [5, 5.41) is 21.0. The molecular weight excluding hydrogens is 212 g/mol. The van der Waals surface area contributed by atoms with Crippen LogP contribution in [0.15, 0.2) is 24.4 Å². The number of hydrogen-bond donors (Lipinski definition) is 2. The Morgan fingerprint density at radius 1 is 1.33 bits per heavy atom. The van der Waals surface area contributed by atoms with Gasteiger partial charge in [0.2, 0.25) is 5.13 Å². The van der Waals surface area contributed by atoms with Gasteiger partial charge in [-0.3, -0.25) is 4.98 Å². The van der Waals surface area contributed by atoms with Gasteiger partial charge in [0.15, 0.2) is 5.01 Å². The van der Waals surface area contributed by atoms with Crippen molar-refractivity contribution in [2.45, 2.75) is 0 Å². The van der Waals surface area contributed by atoms with Crippen molar-refractivity contribution in [2.24, 2.45) is 0 Å². The fraction of sp³-hybridized carbons (Fsp3) is 0.222. The minimum atomic E-state index is 0.0818. The average Bonchev–Trinajstić information content (AvgIpc) is 2.76. The first kappa shape index (κ1) is 10.0. The second-order valence-electron chi connectivity index (χ2n) is 2.78. The van der Waals surface area contributed by atoms with E-state index < -0.39 is 0 Å². The van der Waals surface area contributed by atoms with Crippen molar-refractivity contribution in [1.29, 1.82) is 0 Å². The molecule has 2 heterocycles. The molecule has 0 aliphatic rings. The molecule has 2 aromatic rings. The molecule has 0 aliphatic carbocycles. The highest BCUT2D eigenvalue weighted by Crippen LogP contribution is 2.23. The van der Waals surface area contributed by atoms with Crippen molar-refractivity contribution in [3.8, 4) is 10.7 Å². The number of anilines is 1. The van der Waals surface area contributed by atoms with E-state index >= 15 is 0 Å². The van der Waals surface area contributed by atoms with Crippen LogP contribution in [0.25, 0.3) is 10.7 Å². The average molecular weight is 222 g/mol. The molecule has 78 valence electrons. The SMILES string of the molecule is OCCNc1nnc(-c2ccccn2)s1. The van der Waals surface area contributed by atoms with E-state index in [1.165, 1.54) is 11.3 Å². The molecule has 6 heteroatoms. The van der Waals surface area contributed by atoms with Crippen LogP contribution < -0.4 is 5.32 Å². The third kappa shape index (κ3) is 2.48. The molecule has 2 rings (SSSR count). The minimum absolute atomic E-state index is 0.0818. The molecule has 0 bridgehead atoms. The molecule has 0 saturated heterocycles. The quantitative estimate of drug-likeness (QED) is 0.807. The van der Waals surface area contributed by atoms with Gasteiger partial charge in [0.1, 0.15) is 5.69 Å². The molecule has 0 unspecified atom stereocenters. The van der Waals surface area contributed by atoms with Gasteiger partial charge in [-0.25, -0.2) is 0 Å². The lowest BCUT2D eigenvalue weighted by Gasteiger charge is -1.95. The van der Waals surface area contributed by atoms with Crippen LogP contribution in [-0.4, -0.2) is 33.4 Å². The summed E-state index contributed by atoms with van der Waals surface area (Å²) in [7, 11) is 0. The predicted molar refractivity (Wildman–Crippen MR) is 58.7 cm³/mol. The summed E-state index contributed by atoms with van der Waals surface area (Å²) < 4.78 is 0. The molecule has 15 heavy (non-hydrogen) atoms. The smallest absolute Gasteiger partial charge is 0.206 e. The zero-order chi connectivity index (χ0) is 10.5. The summed E-state index contributed by atoms with van der Waals surface area (Å²) in [6.45, 7) is 0.565. The van der Waals surface area contributed by atoms with Gasteiger partial charge >= 0.3 is 0 Å². The van der Waals surface area contributed by atoms with Gasteiger partial charge in [0, 0.05) is 12.7 Å². The van der Waals surface area contributed by atoms with Gasteiger partial charge in [-0.15, -0.1) is 10.2 Å². The highest BCUT2D eigenvalue weighted by atomic mass is 32.1. The lowest BCUT2D eigenvalue weighted by atomic mass is 10.4. The molecule has 0 radical (unpaired) electrons. The Hall–Kier alpha value is -1.53. The van der Waals surface area contributed by atoms with E-state index in [2.05, 4.69) is 20.5 Å². The van der Waals surface area contributed by atoms with Gasteiger partial charge in [0.05, 0.1) is 6.61 Å². The number of nitrogens with one attached hydrogen (secondary N) is 1. The molecule has 0 spiro atoms. The number of aliphatic hydroxyl groups is 1. The van der Waals surface area contributed by atoms with Crippen LogP contribution in [0.3, 0.4) is 0 Å². The molecule has 0 fully saturated rings. The zero-order valence-electron chi connectivity index (χ0n) is 7.92. The van der Waals surface area contributed by atoms with Gasteiger partial charge < -0.3 is 10.4 Å². The second kappa shape index (κ2) is 4.81. The van der Waals surface area contributed by atoms with Crippen LogP contribution in [-0.2, 0) is 0 Å². The number of aromatic nitrogens is 3. The van der Waals surface area contributed by atoms with Crippen molar-refractivity contribution in [1.82, 2.24) is 15.2 Å². The van der Waals surface area contributed by atoms with Crippen molar-refractivity contribution in [2.75, 3.05) is 18.5 Å². The molecule has 0 aromatic carbocycles. The lowest BCUT2D eigenvalue weighted by Crippen LogP contribution is -2.04. The fourth-order valence-corrected chi connectivity index (χ4v) is 1.80. The van der Waals surface area contributed by atoms with E-state index in [4.69, 9.17) is 5.11 Å². The third-order valence-corrected chi connectivity index (χ3v) is 2.60. The number of pyridine rings is 1. The maximum atomic E-state index is 8.63. The summed E-state index contributed by atoms with van der Waals surface area (Å²) in [4.78, 5) is 4.17. The number of nitrogens with zero attached hydrogens (tertiary/aromatic N) is 3. The fourth-order valence-electron chi connectivity index (χ4n) is 1.05. The van der Waals surface area contributed by atoms with Crippen LogP contribution in [0.5, 0.6) is 0 Å². The molecule has 2 aromatic heterocycles. The molecular formula is C9H10N4OS. The van der Waals surface area contributed by atoms with Gasteiger partial charge in [-0.2, -0.15) is 0 Å². The van der Waals surface area contributed by atoms with E-state index in [1.54, 1.807) is 6.20 Å². The molecule has 0 aliphatic heterocycles. The Labute approximate surface area is 90.8 Å². The Balaban J connectivity index is 2.14. The van der Waals surface area contributed by atoms with Crippen LogP contribution in [0.4, 0.5) is 5.13 Å². The lowest BCUT2D eigenvalue weighted by molar-refractivity contribution is 0.311. The Morgan fingerprint density at radius 3 is 3.00 bits per heavy atom. The van der Waals surface area contributed by atoms with E-state index in [0.29, 0.717) is 11.7 Å². The standard InChI is InChI=1S/C9H10N4OS/c14-6-5-11-9-13-12-8(15-9)7-3-1-2-4-10-7/h1-4,14H,5-6H2,(H,11,13). The largest absolute Gasteiger partial charge is 0.395 e. The van der Waals surface area contributed by atoms with Crippen LogP contribution in [0.1, 0.15) is 0 Å². The number of rotatable bonds is 4. The Bertz CT molecular complexity index is 417. The summed E-state index contributed by atoms with van der Waals surface area (Å²) in [6, 6.07) is 5.65. The number of hydrogen-bond acceptors (Lipinski definition) is 6. The number of aliphatic hydroxyl groups excluding tert-OH is 1. The van der Waals surface area contributed by atoms with Gasteiger partial charge in [0.25, 0.3) is 0 Å². The van der Waals surface area contributed by atoms with Gasteiger partial charge in [-0.05, 0) is 12.1 Å². The van der Waals surface area contributed by atoms with E-state index in [1.807, 2.05) is 18.2 Å². The summed E-state index contributed by atoms with van der Waals surface area (Å²) in [5.41, 5.74) is 0.812. The summed E-state index contributed by atoms with van der Waals surface area (Å²) in [5.74, 6) is 0. The summed E-state index contributed by atoms with van der Waals surface area (Å²) >= 11 is 1.42. The highest BCUT2D eigenvalue weighted by Gasteiger charge is 2.05.